The van der Waals surface area contributed by atoms with Crippen LogP contribution in [0.5, 0.6) is 5.75 Å². The van der Waals surface area contributed by atoms with Crippen LogP contribution in [0.3, 0.4) is 0 Å². The van der Waals surface area contributed by atoms with Crippen LogP contribution >= 0.6 is 0 Å². The molecule has 2 aromatic rings. The molecule has 38 heavy (non-hydrogen) atoms. The van der Waals surface area contributed by atoms with Crippen molar-refractivity contribution in [2.24, 2.45) is 0 Å². The Balaban J connectivity index is 2.06. The predicted octanol–water partition coefficient (Wildman–Crippen LogP) is -1.32. The van der Waals surface area contributed by atoms with Crippen molar-refractivity contribution < 1.29 is 37.7 Å². The Bertz CT molecular complexity index is 1240. The second-order valence-corrected chi connectivity index (χ2v) is 8.48. The number of hydrogen-bond donors (Lipinski definition) is 4. The van der Waals surface area contributed by atoms with Crippen LogP contribution in [0.15, 0.2) is 18.3 Å². The molecular formula is C19H16B6F3N5O5. The topological polar surface area (TPSA) is 129 Å². The van der Waals surface area contributed by atoms with E-state index < -0.39 is 45.5 Å². The lowest BCUT2D eigenvalue weighted by Crippen LogP contribution is -2.86. The normalized spacial score (nSPS) is 24.5. The number of nitrogens with one attached hydrogen (secondary N) is 2. The number of alkyl halides is 3. The smallest absolute Gasteiger partial charge is 0.421 e. The van der Waals surface area contributed by atoms with Crippen molar-refractivity contribution in [2.75, 3.05) is 24.8 Å². The van der Waals surface area contributed by atoms with Gasteiger partial charge in [0.05, 0.1) is 28.5 Å². The third kappa shape index (κ3) is 4.87. The zero-order valence-electron chi connectivity index (χ0n) is 20.3. The molecule has 3 rings (SSSR count). The van der Waals surface area contributed by atoms with Gasteiger partial charge in [0.15, 0.2) is 7.85 Å². The van der Waals surface area contributed by atoms with Gasteiger partial charge < -0.3 is 35.2 Å². The van der Waals surface area contributed by atoms with Crippen LogP contribution in [-0.4, -0.2) is 114 Å². The fourth-order valence-corrected chi connectivity index (χ4v) is 3.62. The number of anilines is 3. The lowest BCUT2D eigenvalue weighted by atomic mass is 9.42. The van der Waals surface area contributed by atoms with Crippen LogP contribution in [0.1, 0.15) is 21.5 Å². The van der Waals surface area contributed by atoms with Crippen molar-refractivity contribution in [3.8, 4) is 5.75 Å². The highest BCUT2D eigenvalue weighted by Gasteiger charge is 2.62. The average Bonchev–Trinajstić information content (AvgIpc) is 2.76. The van der Waals surface area contributed by atoms with Gasteiger partial charge in [-0.05, 0) is 24.6 Å². The summed E-state index contributed by atoms with van der Waals surface area (Å²) in [7, 11) is 36.8. The predicted molar refractivity (Wildman–Crippen MR) is 135 cm³/mol. The van der Waals surface area contributed by atoms with Gasteiger partial charge >= 0.3 is 6.18 Å². The van der Waals surface area contributed by atoms with Crippen molar-refractivity contribution in [1.29, 1.82) is 0 Å². The van der Waals surface area contributed by atoms with Gasteiger partial charge in [0, 0.05) is 29.5 Å². The maximum Gasteiger partial charge on any atom is 0.421 e. The van der Waals surface area contributed by atoms with Crippen molar-refractivity contribution in [3.05, 3.63) is 35.0 Å². The number of aromatic nitrogens is 2. The molecule has 1 saturated heterocycles. The van der Waals surface area contributed by atoms with E-state index >= 15 is 0 Å². The Morgan fingerprint density at radius 3 is 2.29 bits per heavy atom. The number of benzene rings is 1. The fourth-order valence-electron chi connectivity index (χ4n) is 3.62. The van der Waals surface area contributed by atoms with E-state index in [1.807, 2.05) is 0 Å². The van der Waals surface area contributed by atoms with Crippen LogP contribution in [0.2, 0.25) is 0 Å². The molecule has 2 atom stereocenters. The van der Waals surface area contributed by atoms with E-state index in [0.29, 0.717) is 6.20 Å². The number of aryl methyl sites for hydroxylation is 1. The summed E-state index contributed by atoms with van der Waals surface area (Å²) in [5.41, 5.74) is -7.22. The van der Waals surface area contributed by atoms with Gasteiger partial charge in [-0.15, -0.1) is 0 Å². The van der Waals surface area contributed by atoms with E-state index in [1.54, 1.807) is 0 Å². The summed E-state index contributed by atoms with van der Waals surface area (Å²) >= 11 is 0. The SMILES string of the molecule is [B]C1([B])OC([B])(O)C([B])([B])N(C(=O)c2cc(OC)c(Nc3ncc(C(F)(F)F)c(NC)n3)cc2C)C1([B])O. The van der Waals surface area contributed by atoms with E-state index in [0.717, 1.165) is 6.07 Å². The number of aliphatic hydroxyl groups is 2. The first-order chi connectivity index (χ1) is 17.2. The molecule has 0 spiro atoms. The van der Waals surface area contributed by atoms with E-state index in [2.05, 4.69) is 20.6 Å². The molecule has 10 nitrogen and oxygen atoms in total. The maximum absolute atomic E-state index is 13.6. The number of amides is 1. The molecule has 0 saturated carbocycles. The maximum atomic E-state index is 13.6. The second-order valence-electron chi connectivity index (χ2n) is 8.48. The van der Waals surface area contributed by atoms with Gasteiger partial charge in [-0.3, -0.25) is 4.79 Å². The molecule has 0 bridgehead atoms. The second kappa shape index (κ2) is 9.45. The highest BCUT2D eigenvalue weighted by molar-refractivity contribution is 6.49. The first-order valence-corrected chi connectivity index (χ1v) is 10.5. The number of carbonyl (C=O) groups is 1. The number of morpholine rings is 1. The molecule has 19 heteroatoms. The summed E-state index contributed by atoms with van der Waals surface area (Å²) in [5, 5.41) is 20.5. The van der Waals surface area contributed by atoms with E-state index in [4.69, 9.17) is 56.6 Å². The lowest BCUT2D eigenvalue weighted by Gasteiger charge is -2.66. The molecule has 1 amide bonds. The molecule has 1 aliphatic rings. The summed E-state index contributed by atoms with van der Waals surface area (Å²) in [6, 6.07) is 2.48. The molecule has 2 unspecified atom stereocenters. The molecule has 186 valence electrons. The van der Waals surface area contributed by atoms with Crippen LogP contribution in [0.25, 0.3) is 0 Å². The Hall–Kier alpha value is -2.77. The molecule has 2 heterocycles. The molecule has 12 radical (unpaired) electrons. The minimum absolute atomic E-state index is 0.0447. The number of ether oxygens (including phenoxy) is 2. The molecule has 0 aliphatic carbocycles. The summed E-state index contributed by atoms with van der Waals surface area (Å²) in [6.07, 6.45) is -4.11. The van der Waals surface area contributed by atoms with Crippen LogP contribution < -0.4 is 15.4 Å². The minimum Gasteiger partial charge on any atom is -0.495 e. The number of nitrogens with zero attached hydrogens (tertiary/aromatic N) is 3. The lowest BCUT2D eigenvalue weighted by molar-refractivity contribution is -0.287. The van der Waals surface area contributed by atoms with Crippen molar-refractivity contribution in [1.82, 2.24) is 14.9 Å². The zero-order chi connectivity index (χ0) is 29.1. The van der Waals surface area contributed by atoms with Crippen molar-refractivity contribution in [2.45, 2.75) is 35.1 Å². The fraction of sp³-hybridized carbons (Fsp3) is 0.421. The van der Waals surface area contributed by atoms with Gasteiger partial charge in [0.1, 0.15) is 52.0 Å². The van der Waals surface area contributed by atoms with Crippen LogP contribution in [-0.2, 0) is 10.9 Å². The Labute approximate surface area is 223 Å². The van der Waals surface area contributed by atoms with Crippen LogP contribution in [0.4, 0.5) is 30.6 Å². The van der Waals surface area contributed by atoms with Gasteiger partial charge in [-0.2, -0.15) is 18.2 Å². The molecule has 4 N–H and O–H groups in total. The number of rotatable bonds is 5. The third-order valence-corrected chi connectivity index (χ3v) is 5.74. The molecule has 1 aliphatic heterocycles. The zero-order valence-corrected chi connectivity index (χ0v) is 20.3. The summed E-state index contributed by atoms with van der Waals surface area (Å²) in [5.74, 6) is -1.99. The Morgan fingerprint density at radius 1 is 1.16 bits per heavy atom. The highest BCUT2D eigenvalue weighted by atomic mass is 19.4. The number of methoxy groups -OCH3 is 1. The average molecular weight is 516 g/mol. The summed E-state index contributed by atoms with van der Waals surface area (Å²) in [6.45, 7) is 1.43. The van der Waals surface area contributed by atoms with E-state index in [-0.39, 0.29) is 33.4 Å². The van der Waals surface area contributed by atoms with Gasteiger partial charge in [-0.1, -0.05) is 0 Å². The number of halogens is 3. The largest absolute Gasteiger partial charge is 0.495 e. The first kappa shape index (κ1) is 29.8. The Kier molecular flexibility index (Phi) is 7.41. The summed E-state index contributed by atoms with van der Waals surface area (Å²) in [4.78, 5) is 21.2. The van der Waals surface area contributed by atoms with E-state index in [9.17, 15) is 28.2 Å². The Morgan fingerprint density at radius 2 is 1.76 bits per heavy atom. The quantitative estimate of drug-likeness (QED) is 0.358. The van der Waals surface area contributed by atoms with Crippen molar-refractivity contribution >= 4 is 70.4 Å². The highest BCUT2D eigenvalue weighted by Crippen LogP contribution is 2.42. The molecule has 1 aromatic heterocycles. The molecule has 1 aromatic carbocycles. The summed E-state index contributed by atoms with van der Waals surface area (Å²) < 4.78 is 49.5. The standard InChI is InChI=1S/C19H16B6F3N5O5/c1-7-4-10(31-14-30-6-9(15(26,27)28)12(29-2)32-14)11(37-3)5-8(7)13(34)33-16(20,21)19(25,36)38-17(22,23)18(33,24)35/h4-6,35-36H,1-3H3,(H2,29,30,31,32). The minimum atomic E-state index is -4.70. The molecular weight excluding hydrogens is 500 g/mol. The number of carbonyl (C=O) groups excluding carboxylic acids is 1. The monoisotopic (exact) mass is 517 g/mol. The van der Waals surface area contributed by atoms with Gasteiger partial charge in [0.2, 0.25) is 5.95 Å². The molecule has 1 fully saturated rings. The van der Waals surface area contributed by atoms with Crippen LogP contribution in [0, 0.1) is 6.92 Å². The van der Waals surface area contributed by atoms with Gasteiger partial charge in [-0.25, -0.2) is 4.98 Å². The van der Waals surface area contributed by atoms with E-state index in [1.165, 1.54) is 27.1 Å². The van der Waals surface area contributed by atoms with Gasteiger partial charge in [0.25, 0.3) is 5.91 Å². The third-order valence-electron chi connectivity index (χ3n) is 5.74. The number of hydrogen-bond acceptors (Lipinski definition) is 9. The first-order valence-electron chi connectivity index (χ1n) is 10.5. The van der Waals surface area contributed by atoms with Crippen molar-refractivity contribution in [3.63, 3.8) is 0 Å².